The second-order valence-electron chi connectivity index (χ2n) is 6.90. The van der Waals surface area contributed by atoms with Crippen LogP contribution in [-0.2, 0) is 5.41 Å². The highest BCUT2D eigenvalue weighted by atomic mass is 16.5. The first-order valence-electron chi connectivity index (χ1n) is 8.13. The van der Waals surface area contributed by atoms with Crippen molar-refractivity contribution < 1.29 is 9.84 Å². The van der Waals surface area contributed by atoms with Crippen LogP contribution in [0.4, 0.5) is 11.4 Å². The van der Waals surface area contributed by atoms with Crippen molar-refractivity contribution in [2.45, 2.75) is 32.2 Å². The number of aliphatic imine (C=N–C) groups is 1. The Kier molecular flexibility index (Phi) is 3.99. The second-order valence-corrected chi connectivity index (χ2v) is 6.90. The zero-order valence-corrected chi connectivity index (χ0v) is 14.9. The lowest BCUT2D eigenvalue weighted by Crippen LogP contribution is -2.36. The highest BCUT2D eigenvalue weighted by Gasteiger charge is 2.39. The lowest BCUT2D eigenvalue weighted by atomic mass is 9.81. The smallest absolute Gasteiger partial charge is 0.160 e. The van der Waals surface area contributed by atoms with Gasteiger partial charge in [-0.1, -0.05) is 19.9 Å². The van der Waals surface area contributed by atoms with Gasteiger partial charge in [-0.15, -0.1) is 0 Å². The molecule has 4 nitrogen and oxygen atoms in total. The first-order valence-corrected chi connectivity index (χ1v) is 8.13. The van der Waals surface area contributed by atoms with Gasteiger partial charge in [0.1, 0.15) is 0 Å². The lowest BCUT2D eigenvalue weighted by molar-refractivity contribution is 0.373. The maximum absolute atomic E-state index is 9.84. The fourth-order valence-corrected chi connectivity index (χ4v) is 3.29. The van der Waals surface area contributed by atoms with Gasteiger partial charge in [0, 0.05) is 30.4 Å². The molecule has 4 heteroatoms. The Morgan fingerprint density at radius 2 is 1.96 bits per heavy atom. The van der Waals surface area contributed by atoms with Crippen molar-refractivity contribution in [3.05, 3.63) is 47.5 Å². The van der Waals surface area contributed by atoms with E-state index in [9.17, 15) is 5.11 Å². The molecular weight excluding hydrogens is 300 g/mol. The molecule has 24 heavy (non-hydrogen) atoms. The molecule has 2 aromatic carbocycles. The first kappa shape index (κ1) is 16.4. The molecule has 1 heterocycles. The SMILES string of the molecule is COc1ccc(C=Nc2ccc3c(c2)N(C)C(C)C3(C)C)cc1O. The van der Waals surface area contributed by atoms with Crippen molar-refractivity contribution in [1.29, 1.82) is 0 Å². The zero-order chi connectivity index (χ0) is 17.5. The Bertz CT molecular complexity index is 796. The van der Waals surface area contributed by atoms with Gasteiger partial charge < -0.3 is 14.7 Å². The quantitative estimate of drug-likeness (QED) is 0.858. The monoisotopic (exact) mass is 324 g/mol. The number of nitrogens with zero attached hydrogens (tertiary/aromatic N) is 2. The van der Waals surface area contributed by atoms with Crippen LogP contribution in [0.15, 0.2) is 41.4 Å². The summed E-state index contributed by atoms with van der Waals surface area (Å²) in [5.74, 6) is 0.577. The largest absolute Gasteiger partial charge is 0.504 e. The van der Waals surface area contributed by atoms with Crippen LogP contribution in [0.3, 0.4) is 0 Å². The topological polar surface area (TPSA) is 45.1 Å². The Labute approximate surface area is 143 Å². The standard InChI is InChI=1S/C20H24N2O2/c1-13-20(2,3)16-8-7-15(11-17(16)22(13)4)21-12-14-6-9-19(24-5)18(23)10-14/h6-13,23H,1-5H3. The van der Waals surface area contributed by atoms with Gasteiger partial charge in [-0.2, -0.15) is 0 Å². The van der Waals surface area contributed by atoms with E-state index in [4.69, 9.17) is 4.74 Å². The van der Waals surface area contributed by atoms with Crippen molar-refractivity contribution in [2.75, 3.05) is 19.1 Å². The van der Waals surface area contributed by atoms with Gasteiger partial charge in [-0.25, -0.2) is 0 Å². The van der Waals surface area contributed by atoms with Gasteiger partial charge in [-0.3, -0.25) is 4.99 Å². The summed E-state index contributed by atoms with van der Waals surface area (Å²) in [6.07, 6.45) is 1.75. The Balaban J connectivity index is 1.89. The first-order chi connectivity index (χ1) is 11.3. The van der Waals surface area contributed by atoms with Crippen LogP contribution in [-0.4, -0.2) is 31.5 Å². The summed E-state index contributed by atoms with van der Waals surface area (Å²) in [6.45, 7) is 6.81. The third-order valence-electron chi connectivity index (χ3n) is 5.25. The number of benzene rings is 2. The molecular formula is C20H24N2O2. The van der Waals surface area contributed by atoms with Gasteiger partial charge >= 0.3 is 0 Å². The number of methoxy groups -OCH3 is 1. The predicted molar refractivity (Wildman–Crippen MR) is 99.2 cm³/mol. The van der Waals surface area contributed by atoms with E-state index in [1.165, 1.54) is 18.4 Å². The van der Waals surface area contributed by atoms with Gasteiger partial charge in [0.15, 0.2) is 11.5 Å². The number of phenols is 1. The molecule has 0 saturated heterocycles. The fraction of sp³-hybridized carbons (Fsp3) is 0.350. The van der Waals surface area contributed by atoms with Gasteiger partial charge in [0.25, 0.3) is 0 Å². The van der Waals surface area contributed by atoms with Gasteiger partial charge in [-0.05, 0) is 48.4 Å². The third-order valence-corrected chi connectivity index (χ3v) is 5.25. The average molecular weight is 324 g/mol. The molecule has 2 aromatic rings. The van der Waals surface area contributed by atoms with Crippen LogP contribution in [0.2, 0.25) is 0 Å². The number of anilines is 1. The van der Waals surface area contributed by atoms with Gasteiger partial charge in [0.2, 0.25) is 0 Å². The summed E-state index contributed by atoms with van der Waals surface area (Å²) in [6, 6.07) is 12.0. The maximum atomic E-state index is 9.84. The molecule has 126 valence electrons. The van der Waals surface area contributed by atoms with Crippen LogP contribution >= 0.6 is 0 Å². The van der Waals surface area contributed by atoms with E-state index >= 15 is 0 Å². The highest BCUT2D eigenvalue weighted by molar-refractivity contribution is 5.83. The normalized spacial score (nSPS) is 18.9. The minimum atomic E-state index is 0.116. The molecule has 0 radical (unpaired) electrons. The number of fused-ring (bicyclic) bond motifs is 1. The summed E-state index contributed by atoms with van der Waals surface area (Å²) < 4.78 is 5.05. The van der Waals surface area contributed by atoms with Crippen LogP contribution in [0.1, 0.15) is 31.9 Å². The fourth-order valence-electron chi connectivity index (χ4n) is 3.29. The van der Waals surface area contributed by atoms with Crippen LogP contribution in [0.25, 0.3) is 0 Å². The molecule has 0 aliphatic carbocycles. The molecule has 0 bridgehead atoms. The number of hydrogen-bond donors (Lipinski definition) is 1. The van der Waals surface area contributed by atoms with Gasteiger partial charge in [0.05, 0.1) is 12.8 Å². The van der Waals surface area contributed by atoms with Crippen molar-refractivity contribution in [2.24, 2.45) is 4.99 Å². The molecule has 1 unspecified atom stereocenters. The molecule has 1 aliphatic heterocycles. The minimum absolute atomic E-state index is 0.116. The molecule has 0 amide bonds. The Morgan fingerprint density at radius 3 is 2.62 bits per heavy atom. The van der Waals surface area contributed by atoms with E-state index < -0.39 is 0 Å². The Morgan fingerprint density at radius 1 is 1.21 bits per heavy atom. The van der Waals surface area contributed by atoms with Crippen LogP contribution < -0.4 is 9.64 Å². The number of likely N-dealkylation sites (N-methyl/N-ethyl adjacent to an activating group) is 1. The molecule has 1 atom stereocenters. The lowest BCUT2D eigenvalue weighted by Gasteiger charge is -2.28. The number of phenolic OH excluding ortho intramolecular Hbond substituents is 1. The van der Waals surface area contributed by atoms with Crippen molar-refractivity contribution in [1.82, 2.24) is 0 Å². The van der Waals surface area contributed by atoms with E-state index in [2.05, 4.69) is 49.8 Å². The number of ether oxygens (including phenoxy) is 1. The van der Waals surface area contributed by atoms with Crippen molar-refractivity contribution >= 4 is 17.6 Å². The van der Waals surface area contributed by atoms with E-state index in [0.717, 1.165) is 11.3 Å². The van der Waals surface area contributed by atoms with Crippen molar-refractivity contribution in [3.8, 4) is 11.5 Å². The molecule has 1 N–H and O–H groups in total. The highest BCUT2D eigenvalue weighted by Crippen LogP contribution is 2.45. The number of rotatable bonds is 3. The van der Waals surface area contributed by atoms with E-state index in [1.807, 2.05) is 12.1 Å². The Hall–Kier alpha value is -2.49. The summed E-state index contributed by atoms with van der Waals surface area (Å²) in [5.41, 5.74) is 4.46. The molecule has 0 spiro atoms. The van der Waals surface area contributed by atoms with Crippen LogP contribution in [0, 0.1) is 0 Å². The molecule has 1 aliphatic rings. The minimum Gasteiger partial charge on any atom is -0.504 e. The number of hydrogen-bond acceptors (Lipinski definition) is 4. The summed E-state index contributed by atoms with van der Waals surface area (Å²) in [4.78, 5) is 6.87. The molecule has 0 saturated carbocycles. The van der Waals surface area contributed by atoms with Crippen molar-refractivity contribution in [3.63, 3.8) is 0 Å². The molecule has 0 fully saturated rings. The predicted octanol–water partition coefficient (Wildman–Crippen LogP) is 4.27. The van der Waals surface area contributed by atoms with E-state index in [-0.39, 0.29) is 11.2 Å². The summed E-state index contributed by atoms with van der Waals surface area (Å²) in [5, 5.41) is 9.84. The molecule has 0 aromatic heterocycles. The third kappa shape index (κ3) is 2.62. The molecule has 3 rings (SSSR count). The summed E-state index contributed by atoms with van der Waals surface area (Å²) in [7, 11) is 3.67. The average Bonchev–Trinajstić information content (AvgIpc) is 2.74. The number of aromatic hydroxyl groups is 1. The van der Waals surface area contributed by atoms with Crippen LogP contribution in [0.5, 0.6) is 11.5 Å². The second kappa shape index (κ2) is 5.86. The maximum Gasteiger partial charge on any atom is 0.160 e. The summed E-state index contributed by atoms with van der Waals surface area (Å²) >= 11 is 0. The van der Waals surface area contributed by atoms with E-state index in [0.29, 0.717) is 11.8 Å². The zero-order valence-electron chi connectivity index (χ0n) is 14.9. The van der Waals surface area contributed by atoms with E-state index in [1.54, 1.807) is 18.3 Å².